The van der Waals surface area contributed by atoms with Gasteiger partial charge in [-0.2, -0.15) is 4.98 Å². The van der Waals surface area contributed by atoms with E-state index in [1.807, 2.05) is 16.8 Å². The third-order valence-corrected chi connectivity index (χ3v) is 5.66. The molecule has 4 rings (SSSR count). The molecule has 1 saturated heterocycles. The van der Waals surface area contributed by atoms with Crippen LogP contribution in [0.3, 0.4) is 0 Å². The van der Waals surface area contributed by atoms with Crippen LogP contribution in [0, 0.1) is 10.7 Å². The molecule has 0 aliphatic carbocycles. The summed E-state index contributed by atoms with van der Waals surface area (Å²) >= 11 is 5.43. The Labute approximate surface area is 165 Å². The van der Waals surface area contributed by atoms with E-state index in [-0.39, 0.29) is 0 Å². The van der Waals surface area contributed by atoms with E-state index in [4.69, 9.17) is 12.2 Å². The van der Waals surface area contributed by atoms with Crippen LogP contribution < -0.4 is 0 Å². The van der Waals surface area contributed by atoms with Gasteiger partial charge in [0.05, 0.1) is 6.67 Å². The van der Waals surface area contributed by atoms with E-state index in [1.54, 1.807) is 12.4 Å². The first-order valence-electron chi connectivity index (χ1n) is 9.61. The average Bonchev–Trinajstić information content (AvgIpc) is 3.09. The number of benzene rings is 1. The summed E-state index contributed by atoms with van der Waals surface area (Å²) < 4.78 is 2.56. The number of aromatic nitrogens is 4. The van der Waals surface area contributed by atoms with Gasteiger partial charge in [-0.1, -0.05) is 30.3 Å². The van der Waals surface area contributed by atoms with Gasteiger partial charge >= 0.3 is 0 Å². The summed E-state index contributed by atoms with van der Waals surface area (Å²) in [7, 11) is 0. The Morgan fingerprint density at radius 2 is 1.89 bits per heavy atom. The highest BCUT2D eigenvalue weighted by Gasteiger charge is 2.19. The first-order chi connectivity index (χ1) is 13.3. The predicted octanol–water partition coefficient (Wildman–Crippen LogP) is 4.30. The van der Waals surface area contributed by atoms with Crippen molar-refractivity contribution in [3.8, 4) is 11.4 Å². The molecule has 0 amide bonds. The third kappa shape index (κ3) is 4.70. The fraction of sp³-hybridized carbons (Fsp3) is 0.381. The van der Waals surface area contributed by atoms with E-state index in [9.17, 15) is 0 Å². The second-order valence-electron chi connectivity index (χ2n) is 7.25. The Morgan fingerprint density at radius 3 is 2.63 bits per heavy atom. The fourth-order valence-corrected chi connectivity index (χ4v) is 3.91. The van der Waals surface area contributed by atoms with Crippen LogP contribution in [0.1, 0.15) is 24.8 Å². The maximum absolute atomic E-state index is 5.43. The number of nitrogens with zero attached hydrogens (tertiary/aromatic N) is 4. The Balaban J connectivity index is 1.29. The fourth-order valence-electron chi connectivity index (χ4n) is 3.72. The van der Waals surface area contributed by atoms with Crippen molar-refractivity contribution < 1.29 is 0 Å². The molecular formula is C21H25N5S. The van der Waals surface area contributed by atoms with Gasteiger partial charge in [0.15, 0.2) is 5.82 Å². The van der Waals surface area contributed by atoms with E-state index in [0.717, 1.165) is 37.1 Å². The van der Waals surface area contributed by atoms with Crippen molar-refractivity contribution in [2.75, 3.05) is 13.1 Å². The highest BCUT2D eigenvalue weighted by Crippen LogP contribution is 2.23. The minimum Gasteiger partial charge on any atom is -0.284 e. The van der Waals surface area contributed by atoms with Crippen LogP contribution in [-0.2, 0) is 13.1 Å². The van der Waals surface area contributed by atoms with E-state index in [1.165, 1.54) is 31.2 Å². The summed E-state index contributed by atoms with van der Waals surface area (Å²) in [6, 6.07) is 14.7. The summed E-state index contributed by atoms with van der Waals surface area (Å²) in [6.07, 6.45) is 8.54. The third-order valence-electron chi connectivity index (χ3n) is 5.35. The number of hydrogen-bond acceptors (Lipinski definition) is 4. The van der Waals surface area contributed by atoms with E-state index >= 15 is 0 Å². The second-order valence-corrected chi connectivity index (χ2v) is 7.62. The van der Waals surface area contributed by atoms with Gasteiger partial charge in [0.25, 0.3) is 0 Å². The molecule has 1 fully saturated rings. The molecule has 2 aromatic heterocycles. The zero-order chi connectivity index (χ0) is 18.5. The molecule has 0 saturated carbocycles. The average molecular weight is 380 g/mol. The molecule has 3 aromatic rings. The van der Waals surface area contributed by atoms with Gasteiger partial charge in [-0.05, 0) is 61.5 Å². The van der Waals surface area contributed by atoms with Crippen molar-refractivity contribution in [1.82, 2.24) is 24.6 Å². The van der Waals surface area contributed by atoms with Crippen molar-refractivity contribution in [2.45, 2.75) is 32.4 Å². The Kier molecular flexibility index (Phi) is 5.75. The van der Waals surface area contributed by atoms with Crippen LogP contribution in [0.4, 0.5) is 0 Å². The minimum atomic E-state index is 0.597. The normalized spacial score (nSPS) is 15.9. The molecule has 1 N–H and O–H groups in total. The smallest absolute Gasteiger partial charge is 0.217 e. The second kappa shape index (κ2) is 8.59. The highest BCUT2D eigenvalue weighted by molar-refractivity contribution is 7.71. The SMILES string of the molecule is S=c1nc(-c2cccnc2)[nH]n1CN1CCC(CCc2ccccc2)CC1. The topological polar surface area (TPSA) is 49.7 Å². The van der Waals surface area contributed by atoms with Gasteiger partial charge in [0, 0.05) is 31.0 Å². The Hall–Kier alpha value is -2.31. The van der Waals surface area contributed by atoms with Crippen LogP contribution in [0.5, 0.6) is 0 Å². The number of nitrogens with one attached hydrogen (secondary N) is 1. The lowest BCUT2D eigenvalue weighted by Crippen LogP contribution is -2.35. The van der Waals surface area contributed by atoms with Crippen molar-refractivity contribution >= 4 is 12.2 Å². The zero-order valence-corrected chi connectivity index (χ0v) is 16.2. The van der Waals surface area contributed by atoms with Crippen molar-refractivity contribution in [2.24, 2.45) is 5.92 Å². The molecular weight excluding hydrogens is 354 g/mol. The lowest BCUT2D eigenvalue weighted by Gasteiger charge is -2.31. The first-order valence-corrected chi connectivity index (χ1v) is 10.0. The summed E-state index contributed by atoms with van der Waals surface area (Å²) in [5, 5.41) is 3.32. The Morgan fingerprint density at radius 1 is 1.07 bits per heavy atom. The van der Waals surface area contributed by atoms with Crippen LogP contribution >= 0.6 is 12.2 Å². The van der Waals surface area contributed by atoms with Crippen LogP contribution in [0.2, 0.25) is 0 Å². The number of aromatic amines is 1. The summed E-state index contributed by atoms with van der Waals surface area (Å²) in [5.74, 6) is 1.60. The number of pyridine rings is 1. The number of likely N-dealkylation sites (tertiary alicyclic amines) is 1. The van der Waals surface area contributed by atoms with E-state index in [0.29, 0.717) is 4.77 Å². The number of piperidine rings is 1. The molecule has 1 aromatic carbocycles. The van der Waals surface area contributed by atoms with Gasteiger partial charge in [-0.15, -0.1) is 0 Å². The summed E-state index contributed by atoms with van der Waals surface area (Å²) in [5.41, 5.74) is 2.41. The first kappa shape index (κ1) is 18.1. The molecule has 3 heterocycles. The molecule has 27 heavy (non-hydrogen) atoms. The lowest BCUT2D eigenvalue weighted by molar-refractivity contribution is 0.137. The molecule has 140 valence electrons. The highest BCUT2D eigenvalue weighted by atomic mass is 32.1. The standard InChI is InChI=1S/C21H25N5S/c27-21-23-20(19-7-4-12-22-15-19)24-26(21)16-25-13-10-18(11-14-25)9-8-17-5-2-1-3-6-17/h1-7,12,15,18H,8-11,13-14,16H2,(H,23,24,27). The van der Waals surface area contributed by atoms with Crippen LogP contribution in [0.25, 0.3) is 11.4 Å². The number of hydrogen-bond donors (Lipinski definition) is 1. The summed E-state index contributed by atoms with van der Waals surface area (Å²) in [4.78, 5) is 11.1. The van der Waals surface area contributed by atoms with E-state index < -0.39 is 0 Å². The molecule has 0 bridgehead atoms. The summed E-state index contributed by atoms with van der Waals surface area (Å²) in [6.45, 7) is 3.00. The zero-order valence-electron chi connectivity index (χ0n) is 15.4. The molecule has 5 nitrogen and oxygen atoms in total. The van der Waals surface area contributed by atoms with Crippen LogP contribution in [0.15, 0.2) is 54.9 Å². The Bertz CT molecular complexity index is 895. The van der Waals surface area contributed by atoms with Gasteiger partial charge in [0.1, 0.15) is 0 Å². The lowest BCUT2D eigenvalue weighted by atomic mass is 9.91. The maximum atomic E-state index is 5.43. The molecule has 0 atom stereocenters. The molecule has 1 aliphatic heterocycles. The van der Waals surface area contributed by atoms with Gasteiger partial charge in [0.2, 0.25) is 4.77 Å². The van der Waals surface area contributed by atoms with Crippen LogP contribution in [-0.4, -0.2) is 37.7 Å². The van der Waals surface area contributed by atoms with E-state index in [2.05, 4.69) is 50.3 Å². The number of H-pyrrole nitrogens is 1. The van der Waals surface area contributed by atoms with Gasteiger partial charge < -0.3 is 0 Å². The molecule has 6 heteroatoms. The largest absolute Gasteiger partial charge is 0.284 e. The number of aryl methyl sites for hydroxylation is 1. The molecule has 1 aliphatic rings. The molecule has 0 radical (unpaired) electrons. The van der Waals surface area contributed by atoms with Gasteiger partial charge in [-0.25, -0.2) is 4.68 Å². The number of rotatable bonds is 6. The van der Waals surface area contributed by atoms with Gasteiger partial charge in [-0.3, -0.25) is 15.0 Å². The quantitative estimate of drug-likeness (QED) is 0.649. The monoisotopic (exact) mass is 379 g/mol. The molecule has 0 spiro atoms. The van der Waals surface area contributed by atoms with Crippen molar-refractivity contribution in [3.63, 3.8) is 0 Å². The van der Waals surface area contributed by atoms with Crippen molar-refractivity contribution in [3.05, 3.63) is 65.2 Å². The minimum absolute atomic E-state index is 0.597. The predicted molar refractivity (Wildman–Crippen MR) is 110 cm³/mol. The molecule has 0 unspecified atom stereocenters. The van der Waals surface area contributed by atoms with Crippen molar-refractivity contribution in [1.29, 1.82) is 0 Å². The maximum Gasteiger partial charge on any atom is 0.217 e.